The van der Waals surface area contributed by atoms with E-state index in [0.717, 1.165) is 18.4 Å². The third-order valence-electron chi connectivity index (χ3n) is 2.66. The first kappa shape index (κ1) is 13.2. The van der Waals surface area contributed by atoms with Crippen LogP contribution in [0.2, 0.25) is 5.02 Å². The predicted molar refractivity (Wildman–Crippen MR) is 67.6 cm³/mol. The lowest BCUT2D eigenvalue weighted by Gasteiger charge is -2.09. The van der Waals surface area contributed by atoms with E-state index >= 15 is 0 Å². The lowest BCUT2D eigenvalue weighted by Crippen LogP contribution is -2.15. The van der Waals surface area contributed by atoms with E-state index in [2.05, 4.69) is 0 Å². The lowest BCUT2D eigenvalue weighted by atomic mass is 9.95. The van der Waals surface area contributed by atoms with Crippen molar-refractivity contribution in [1.29, 1.82) is 0 Å². The molecule has 88 valence electrons. The molecule has 2 N–H and O–H groups in total. The van der Waals surface area contributed by atoms with E-state index in [4.69, 9.17) is 17.3 Å². The van der Waals surface area contributed by atoms with Crippen LogP contribution in [0.3, 0.4) is 0 Å². The second kappa shape index (κ2) is 6.66. The molecule has 16 heavy (non-hydrogen) atoms. The summed E-state index contributed by atoms with van der Waals surface area (Å²) in [5.41, 5.74) is 6.40. The molecule has 0 fully saturated rings. The van der Waals surface area contributed by atoms with Gasteiger partial charge in [0.2, 0.25) is 0 Å². The number of benzene rings is 1. The van der Waals surface area contributed by atoms with E-state index in [9.17, 15) is 4.79 Å². The number of nitrogens with two attached hydrogens (primary N) is 1. The molecule has 0 heterocycles. The molecule has 0 saturated heterocycles. The first-order chi connectivity index (χ1) is 7.63. The molecule has 1 aromatic carbocycles. The van der Waals surface area contributed by atoms with Gasteiger partial charge in [0.05, 0.1) is 0 Å². The Labute approximate surface area is 102 Å². The minimum Gasteiger partial charge on any atom is -0.330 e. The second-order valence-electron chi connectivity index (χ2n) is 4.10. The van der Waals surface area contributed by atoms with Gasteiger partial charge in [-0.2, -0.15) is 0 Å². The normalized spacial score (nSPS) is 12.4. The van der Waals surface area contributed by atoms with Crippen molar-refractivity contribution in [3.63, 3.8) is 0 Å². The highest BCUT2D eigenvalue weighted by Crippen LogP contribution is 2.14. The first-order valence-electron chi connectivity index (χ1n) is 5.60. The van der Waals surface area contributed by atoms with Crippen molar-refractivity contribution in [1.82, 2.24) is 0 Å². The molecule has 0 amide bonds. The van der Waals surface area contributed by atoms with Crippen LogP contribution < -0.4 is 5.73 Å². The maximum absolute atomic E-state index is 11.8. The molecular formula is C13H18ClNO. The van der Waals surface area contributed by atoms with Gasteiger partial charge in [-0.25, -0.2) is 0 Å². The maximum Gasteiger partial charge on any atom is 0.140 e. The maximum atomic E-state index is 11.8. The van der Waals surface area contributed by atoms with Gasteiger partial charge in [0.15, 0.2) is 0 Å². The standard InChI is InChI=1S/C13H18ClNO/c1-10(4-3-7-15)13(16)9-11-5-2-6-12(14)8-11/h2,5-6,8,10H,3-4,7,9,15H2,1H3. The molecule has 3 heteroatoms. The highest BCUT2D eigenvalue weighted by Gasteiger charge is 2.12. The number of halogens is 1. The summed E-state index contributed by atoms with van der Waals surface area (Å²) in [7, 11) is 0. The van der Waals surface area contributed by atoms with Gasteiger partial charge >= 0.3 is 0 Å². The third-order valence-corrected chi connectivity index (χ3v) is 2.89. The van der Waals surface area contributed by atoms with Gasteiger partial charge in [0.25, 0.3) is 0 Å². The average molecular weight is 240 g/mol. The zero-order valence-electron chi connectivity index (χ0n) is 9.58. The van der Waals surface area contributed by atoms with Crippen LogP contribution in [0.1, 0.15) is 25.3 Å². The van der Waals surface area contributed by atoms with Crippen LogP contribution in [0.25, 0.3) is 0 Å². The highest BCUT2D eigenvalue weighted by molar-refractivity contribution is 6.30. The lowest BCUT2D eigenvalue weighted by molar-refractivity contribution is -0.121. The van der Waals surface area contributed by atoms with E-state index in [1.54, 1.807) is 0 Å². The Morgan fingerprint density at radius 3 is 2.88 bits per heavy atom. The average Bonchev–Trinajstić information content (AvgIpc) is 2.25. The summed E-state index contributed by atoms with van der Waals surface area (Å²) in [4.78, 5) is 11.8. The predicted octanol–water partition coefficient (Wildman–Crippen LogP) is 2.83. The summed E-state index contributed by atoms with van der Waals surface area (Å²) in [6.45, 7) is 2.61. The van der Waals surface area contributed by atoms with Crippen LogP contribution in [0.4, 0.5) is 0 Å². The molecule has 1 rings (SSSR count). The Hall–Kier alpha value is -0.860. The molecule has 1 atom stereocenters. The molecular weight excluding hydrogens is 222 g/mol. The summed E-state index contributed by atoms with van der Waals surface area (Å²) < 4.78 is 0. The topological polar surface area (TPSA) is 43.1 Å². The van der Waals surface area contributed by atoms with Gasteiger partial charge in [0, 0.05) is 17.4 Å². The molecule has 0 aromatic heterocycles. The molecule has 0 spiro atoms. The monoisotopic (exact) mass is 239 g/mol. The number of carbonyl (C=O) groups excluding carboxylic acids is 1. The largest absolute Gasteiger partial charge is 0.330 e. The molecule has 0 saturated carbocycles. The number of rotatable bonds is 6. The molecule has 0 aliphatic heterocycles. The van der Waals surface area contributed by atoms with Gasteiger partial charge in [0.1, 0.15) is 5.78 Å². The van der Waals surface area contributed by atoms with Crippen LogP contribution in [-0.2, 0) is 11.2 Å². The van der Waals surface area contributed by atoms with Crippen molar-refractivity contribution < 1.29 is 4.79 Å². The summed E-state index contributed by atoms with van der Waals surface area (Å²) in [5.74, 6) is 0.346. The Morgan fingerprint density at radius 2 is 2.25 bits per heavy atom. The Morgan fingerprint density at radius 1 is 1.50 bits per heavy atom. The number of hydrogen-bond acceptors (Lipinski definition) is 2. The second-order valence-corrected chi connectivity index (χ2v) is 4.54. The van der Waals surface area contributed by atoms with Crippen LogP contribution in [0, 0.1) is 5.92 Å². The van der Waals surface area contributed by atoms with E-state index in [-0.39, 0.29) is 11.7 Å². The number of hydrogen-bond donors (Lipinski definition) is 1. The van der Waals surface area contributed by atoms with Crippen molar-refractivity contribution in [2.45, 2.75) is 26.2 Å². The van der Waals surface area contributed by atoms with Crippen molar-refractivity contribution >= 4 is 17.4 Å². The molecule has 1 aromatic rings. The van der Waals surface area contributed by atoms with Gasteiger partial charge < -0.3 is 5.73 Å². The van der Waals surface area contributed by atoms with E-state index in [1.807, 2.05) is 31.2 Å². The fourth-order valence-electron chi connectivity index (χ4n) is 1.61. The molecule has 0 bridgehead atoms. The smallest absolute Gasteiger partial charge is 0.140 e. The van der Waals surface area contributed by atoms with Crippen molar-refractivity contribution in [2.75, 3.05) is 6.54 Å². The van der Waals surface area contributed by atoms with Crippen molar-refractivity contribution in [3.8, 4) is 0 Å². The Bertz CT molecular complexity index is 352. The molecule has 2 nitrogen and oxygen atoms in total. The summed E-state index contributed by atoms with van der Waals surface area (Å²) >= 11 is 5.86. The van der Waals surface area contributed by atoms with E-state index < -0.39 is 0 Å². The van der Waals surface area contributed by atoms with Gasteiger partial charge in [-0.3, -0.25) is 4.79 Å². The number of carbonyl (C=O) groups is 1. The Kier molecular flexibility index (Phi) is 5.50. The zero-order valence-corrected chi connectivity index (χ0v) is 10.3. The highest BCUT2D eigenvalue weighted by atomic mass is 35.5. The minimum absolute atomic E-state index is 0.0857. The summed E-state index contributed by atoms with van der Waals surface area (Å²) in [6.07, 6.45) is 2.24. The summed E-state index contributed by atoms with van der Waals surface area (Å²) in [5, 5.41) is 0.680. The van der Waals surface area contributed by atoms with Crippen molar-refractivity contribution in [3.05, 3.63) is 34.9 Å². The minimum atomic E-state index is 0.0857. The van der Waals surface area contributed by atoms with Crippen LogP contribution in [0.5, 0.6) is 0 Å². The summed E-state index contributed by atoms with van der Waals surface area (Å²) in [6, 6.07) is 7.46. The Balaban J connectivity index is 2.50. The van der Waals surface area contributed by atoms with E-state index in [0.29, 0.717) is 18.0 Å². The van der Waals surface area contributed by atoms with Crippen LogP contribution in [0.15, 0.2) is 24.3 Å². The fraction of sp³-hybridized carbons (Fsp3) is 0.462. The first-order valence-corrected chi connectivity index (χ1v) is 5.98. The number of Topliss-reactive ketones (excluding diaryl/α,β-unsaturated/α-hetero) is 1. The van der Waals surface area contributed by atoms with Gasteiger partial charge in [-0.15, -0.1) is 0 Å². The molecule has 1 unspecified atom stereocenters. The SMILES string of the molecule is CC(CCCN)C(=O)Cc1cccc(Cl)c1. The number of ketones is 1. The van der Waals surface area contributed by atoms with Crippen LogP contribution >= 0.6 is 11.6 Å². The van der Waals surface area contributed by atoms with Gasteiger partial charge in [-0.05, 0) is 37.1 Å². The molecule has 0 aliphatic rings. The fourth-order valence-corrected chi connectivity index (χ4v) is 1.82. The molecule has 0 aliphatic carbocycles. The molecule has 0 radical (unpaired) electrons. The quantitative estimate of drug-likeness (QED) is 0.830. The zero-order chi connectivity index (χ0) is 12.0. The van der Waals surface area contributed by atoms with Crippen molar-refractivity contribution in [2.24, 2.45) is 11.7 Å². The van der Waals surface area contributed by atoms with Crippen LogP contribution in [-0.4, -0.2) is 12.3 Å². The third kappa shape index (κ3) is 4.33. The van der Waals surface area contributed by atoms with Gasteiger partial charge in [-0.1, -0.05) is 30.7 Å². The van der Waals surface area contributed by atoms with E-state index in [1.165, 1.54) is 0 Å².